The Morgan fingerprint density at radius 3 is 2.22 bits per heavy atom. The SMILES string of the molecule is CCNC(=NCc1ccc(N2CC=CC2)cc1)NCc1ccc(N2CCCC2=O)cc1.I. The molecular weight excluding hydrogens is 513 g/mol. The molecule has 2 aromatic carbocycles. The molecule has 1 fully saturated rings. The summed E-state index contributed by atoms with van der Waals surface area (Å²) in [7, 11) is 0. The Bertz CT molecular complexity index is 932. The van der Waals surface area contributed by atoms with Gasteiger partial charge in [0.2, 0.25) is 5.91 Å². The maximum Gasteiger partial charge on any atom is 0.227 e. The maximum absolute atomic E-state index is 11.9. The molecular formula is C25H32IN5O. The molecule has 0 spiro atoms. The lowest BCUT2D eigenvalue weighted by Gasteiger charge is -2.17. The fourth-order valence-corrected chi connectivity index (χ4v) is 3.91. The van der Waals surface area contributed by atoms with Gasteiger partial charge >= 0.3 is 0 Å². The van der Waals surface area contributed by atoms with Gasteiger partial charge in [0, 0.05) is 50.5 Å². The predicted molar refractivity (Wildman–Crippen MR) is 143 cm³/mol. The molecule has 1 saturated heterocycles. The van der Waals surface area contributed by atoms with Gasteiger partial charge in [0.15, 0.2) is 5.96 Å². The predicted octanol–water partition coefficient (Wildman–Crippen LogP) is 4.06. The molecule has 170 valence electrons. The third-order valence-electron chi connectivity index (χ3n) is 5.67. The Labute approximate surface area is 207 Å². The molecule has 32 heavy (non-hydrogen) atoms. The molecule has 4 rings (SSSR count). The van der Waals surface area contributed by atoms with Gasteiger partial charge in [-0.3, -0.25) is 4.79 Å². The standard InChI is InChI=1S/C25H31N5O.HI/c1-2-26-25(27-18-20-7-11-22(12-8-20)29-15-3-4-16-29)28-19-21-9-13-23(14-10-21)30-17-5-6-24(30)31;/h3-4,7-14H,2,5-6,15-19H2,1H3,(H2,26,27,28);1H. The van der Waals surface area contributed by atoms with E-state index in [1.807, 2.05) is 17.0 Å². The van der Waals surface area contributed by atoms with Crippen LogP contribution in [0.2, 0.25) is 0 Å². The van der Waals surface area contributed by atoms with E-state index in [1.165, 1.54) is 11.3 Å². The third kappa shape index (κ3) is 6.25. The van der Waals surface area contributed by atoms with Crippen molar-refractivity contribution in [1.29, 1.82) is 0 Å². The lowest BCUT2D eigenvalue weighted by molar-refractivity contribution is -0.117. The van der Waals surface area contributed by atoms with E-state index >= 15 is 0 Å². The van der Waals surface area contributed by atoms with Crippen LogP contribution in [0, 0.1) is 0 Å². The summed E-state index contributed by atoms with van der Waals surface area (Å²) in [4.78, 5) is 20.8. The lowest BCUT2D eigenvalue weighted by atomic mass is 10.2. The molecule has 2 N–H and O–H groups in total. The topological polar surface area (TPSA) is 60.0 Å². The minimum atomic E-state index is 0. The Morgan fingerprint density at radius 2 is 1.59 bits per heavy atom. The second kappa shape index (κ2) is 11.9. The van der Waals surface area contributed by atoms with E-state index in [9.17, 15) is 4.79 Å². The fourth-order valence-electron chi connectivity index (χ4n) is 3.91. The molecule has 0 unspecified atom stereocenters. The van der Waals surface area contributed by atoms with E-state index in [0.29, 0.717) is 19.5 Å². The molecule has 0 radical (unpaired) electrons. The van der Waals surface area contributed by atoms with Crippen LogP contribution in [0.3, 0.4) is 0 Å². The highest BCUT2D eigenvalue weighted by Gasteiger charge is 2.21. The summed E-state index contributed by atoms with van der Waals surface area (Å²) in [5.74, 6) is 1.02. The molecule has 0 bridgehead atoms. The monoisotopic (exact) mass is 545 g/mol. The summed E-state index contributed by atoms with van der Waals surface area (Å²) < 4.78 is 0. The van der Waals surface area contributed by atoms with Crippen LogP contribution < -0.4 is 20.4 Å². The van der Waals surface area contributed by atoms with Gasteiger partial charge in [-0.15, -0.1) is 24.0 Å². The highest BCUT2D eigenvalue weighted by Crippen LogP contribution is 2.21. The number of halogens is 1. The van der Waals surface area contributed by atoms with Crippen molar-refractivity contribution in [3.8, 4) is 0 Å². The average Bonchev–Trinajstić information content (AvgIpc) is 3.49. The summed E-state index contributed by atoms with van der Waals surface area (Å²) in [5, 5.41) is 6.71. The van der Waals surface area contributed by atoms with E-state index in [1.54, 1.807) is 0 Å². The molecule has 0 aliphatic carbocycles. The van der Waals surface area contributed by atoms with Crippen LogP contribution in [0.15, 0.2) is 65.7 Å². The van der Waals surface area contributed by atoms with Crippen molar-refractivity contribution in [2.75, 3.05) is 36.0 Å². The van der Waals surface area contributed by atoms with Crippen molar-refractivity contribution < 1.29 is 4.79 Å². The van der Waals surface area contributed by atoms with Crippen LogP contribution in [0.25, 0.3) is 0 Å². The zero-order valence-corrected chi connectivity index (χ0v) is 20.9. The van der Waals surface area contributed by atoms with Gasteiger partial charge in [0.1, 0.15) is 0 Å². The number of carbonyl (C=O) groups is 1. The summed E-state index contributed by atoms with van der Waals surface area (Å²) in [6, 6.07) is 16.9. The van der Waals surface area contributed by atoms with Crippen LogP contribution >= 0.6 is 24.0 Å². The van der Waals surface area contributed by atoms with Crippen LogP contribution in [0.1, 0.15) is 30.9 Å². The summed E-state index contributed by atoms with van der Waals surface area (Å²) >= 11 is 0. The number of rotatable bonds is 7. The number of guanidine groups is 1. The lowest BCUT2D eigenvalue weighted by Crippen LogP contribution is -2.36. The molecule has 1 amide bonds. The summed E-state index contributed by atoms with van der Waals surface area (Å²) in [6.07, 6.45) is 6.00. The molecule has 0 saturated carbocycles. The first-order valence-electron chi connectivity index (χ1n) is 11.1. The number of anilines is 2. The first kappa shape index (κ1) is 24.1. The molecule has 0 atom stereocenters. The van der Waals surface area contributed by atoms with Crippen molar-refractivity contribution in [1.82, 2.24) is 10.6 Å². The minimum absolute atomic E-state index is 0. The van der Waals surface area contributed by atoms with Gasteiger partial charge in [-0.05, 0) is 48.7 Å². The normalized spacial score (nSPS) is 15.8. The average molecular weight is 545 g/mol. The van der Waals surface area contributed by atoms with Gasteiger partial charge < -0.3 is 20.4 Å². The van der Waals surface area contributed by atoms with Gasteiger partial charge in [0.25, 0.3) is 0 Å². The molecule has 2 heterocycles. The number of nitrogens with zero attached hydrogens (tertiary/aromatic N) is 3. The molecule has 0 aromatic heterocycles. The number of aliphatic imine (C=N–C) groups is 1. The maximum atomic E-state index is 11.9. The Kier molecular flexibility index (Phi) is 8.96. The number of benzene rings is 2. The minimum Gasteiger partial charge on any atom is -0.364 e. The summed E-state index contributed by atoms with van der Waals surface area (Å²) in [5.41, 5.74) is 4.58. The van der Waals surface area contributed by atoms with Crippen LogP contribution in [-0.2, 0) is 17.9 Å². The van der Waals surface area contributed by atoms with Crippen molar-refractivity contribution in [3.63, 3.8) is 0 Å². The second-order valence-electron chi connectivity index (χ2n) is 7.91. The van der Waals surface area contributed by atoms with Crippen molar-refractivity contribution in [3.05, 3.63) is 71.8 Å². The van der Waals surface area contributed by atoms with Crippen LogP contribution in [0.4, 0.5) is 11.4 Å². The Balaban J connectivity index is 0.00000289. The number of hydrogen-bond donors (Lipinski definition) is 2. The zero-order chi connectivity index (χ0) is 21.5. The second-order valence-corrected chi connectivity index (χ2v) is 7.91. The zero-order valence-electron chi connectivity index (χ0n) is 18.6. The van der Waals surface area contributed by atoms with Gasteiger partial charge in [0.05, 0.1) is 6.54 Å². The highest BCUT2D eigenvalue weighted by molar-refractivity contribution is 14.0. The molecule has 2 aliphatic heterocycles. The first-order valence-corrected chi connectivity index (χ1v) is 11.1. The van der Waals surface area contributed by atoms with E-state index in [0.717, 1.165) is 49.8 Å². The fraction of sp³-hybridized carbons (Fsp3) is 0.360. The Hall–Kier alpha value is -2.55. The van der Waals surface area contributed by atoms with Gasteiger partial charge in [-0.2, -0.15) is 0 Å². The quantitative estimate of drug-likeness (QED) is 0.239. The van der Waals surface area contributed by atoms with Crippen LogP contribution in [0.5, 0.6) is 0 Å². The van der Waals surface area contributed by atoms with E-state index in [2.05, 4.69) is 71.0 Å². The number of hydrogen-bond acceptors (Lipinski definition) is 3. The first-order chi connectivity index (χ1) is 15.2. The molecule has 2 aliphatic rings. The largest absolute Gasteiger partial charge is 0.364 e. The van der Waals surface area contributed by atoms with Crippen LogP contribution in [-0.4, -0.2) is 38.0 Å². The van der Waals surface area contributed by atoms with E-state index in [-0.39, 0.29) is 29.9 Å². The van der Waals surface area contributed by atoms with Crippen molar-refractivity contribution in [2.45, 2.75) is 32.9 Å². The highest BCUT2D eigenvalue weighted by atomic mass is 127. The number of carbonyl (C=O) groups excluding carboxylic acids is 1. The van der Waals surface area contributed by atoms with Crippen molar-refractivity contribution >= 4 is 47.2 Å². The molecule has 2 aromatic rings. The van der Waals surface area contributed by atoms with Gasteiger partial charge in [-0.1, -0.05) is 36.4 Å². The molecule has 7 heteroatoms. The molecule has 6 nitrogen and oxygen atoms in total. The Morgan fingerprint density at radius 1 is 0.938 bits per heavy atom. The third-order valence-corrected chi connectivity index (χ3v) is 5.67. The van der Waals surface area contributed by atoms with Crippen molar-refractivity contribution in [2.24, 2.45) is 4.99 Å². The van der Waals surface area contributed by atoms with Gasteiger partial charge in [-0.25, -0.2) is 4.99 Å². The summed E-state index contributed by atoms with van der Waals surface area (Å²) in [6.45, 7) is 6.98. The van der Waals surface area contributed by atoms with E-state index in [4.69, 9.17) is 4.99 Å². The van der Waals surface area contributed by atoms with E-state index < -0.39 is 0 Å². The number of amides is 1. The number of nitrogens with one attached hydrogen (secondary N) is 2. The smallest absolute Gasteiger partial charge is 0.227 e.